The molecule has 4 nitrogen and oxygen atoms in total. The molecule has 0 atom stereocenters. The van der Waals surface area contributed by atoms with Crippen molar-refractivity contribution in [2.24, 2.45) is 0 Å². The van der Waals surface area contributed by atoms with Gasteiger partial charge in [0, 0.05) is 18.0 Å². The number of hydrogen-bond acceptors (Lipinski definition) is 2. The molecule has 0 fully saturated rings. The molecular formula is C15H16N2O2. The van der Waals surface area contributed by atoms with Crippen LogP contribution in [0.25, 0.3) is 0 Å². The minimum atomic E-state index is -0.211. The van der Waals surface area contributed by atoms with Gasteiger partial charge in [0.15, 0.2) is 0 Å². The van der Waals surface area contributed by atoms with Gasteiger partial charge in [-0.25, -0.2) is 0 Å². The van der Waals surface area contributed by atoms with Crippen LogP contribution in [0.5, 0.6) is 0 Å². The highest BCUT2D eigenvalue weighted by molar-refractivity contribution is 5.90. The molecule has 1 aromatic heterocycles. The summed E-state index contributed by atoms with van der Waals surface area (Å²) in [5, 5.41) is 2.77. The first-order chi connectivity index (χ1) is 9.19. The molecule has 0 unspecified atom stereocenters. The van der Waals surface area contributed by atoms with E-state index < -0.39 is 0 Å². The van der Waals surface area contributed by atoms with E-state index in [1.807, 2.05) is 24.3 Å². The Morgan fingerprint density at radius 2 is 1.89 bits per heavy atom. The van der Waals surface area contributed by atoms with Crippen LogP contribution in [0.4, 0.5) is 5.69 Å². The van der Waals surface area contributed by atoms with Gasteiger partial charge in [-0.1, -0.05) is 25.1 Å². The first-order valence-electron chi connectivity index (χ1n) is 6.23. The smallest absolute Gasteiger partial charge is 0.250 e. The van der Waals surface area contributed by atoms with Crippen molar-refractivity contribution in [2.75, 3.05) is 5.32 Å². The van der Waals surface area contributed by atoms with Gasteiger partial charge in [-0.3, -0.25) is 9.59 Å². The number of rotatable bonds is 4. The van der Waals surface area contributed by atoms with E-state index in [-0.39, 0.29) is 18.0 Å². The third-order valence-electron chi connectivity index (χ3n) is 2.86. The second-order valence-electron chi connectivity index (χ2n) is 4.27. The third-order valence-corrected chi connectivity index (χ3v) is 2.86. The number of anilines is 1. The van der Waals surface area contributed by atoms with Crippen LogP contribution in [0.1, 0.15) is 12.5 Å². The Morgan fingerprint density at radius 1 is 1.16 bits per heavy atom. The Balaban J connectivity index is 2.01. The fourth-order valence-electron chi connectivity index (χ4n) is 1.77. The van der Waals surface area contributed by atoms with Crippen LogP contribution < -0.4 is 10.9 Å². The van der Waals surface area contributed by atoms with E-state index in [9.17, 15) is 9.59 Å². The van der Waals surface area contributed by atoms with Crippen LogP contribution >= 0.6 is 0 Å². The number of carbonyl (C=O) groups is 1. The summed E-state index contributed by atoms with van der Waals surface area (Å²) < 4.78 is 1.37. The predicted octanol–water partition coefficient (Wildman–Crippen LogP) is 2.05. The van der Waals surface area contributed by atoms with Crippen LogP contribution in [-0.2, 0) is 17.8 Å². The Morgan fingerprint density at radius 3 is 2.53 bits per heavy atom. The average molecular weight is 256 g/mol. The largest absolute Gasteiger partial charge is 0.325 e. The standard InChI is InChI=1S/C15H16N2O2/c1-2-12-6-8-13(9-7-12)16-14(18)11-17-10-4-3-5-15(17)19/h3-10H,2,11H2,1H3,(H,16,18). The summed E-state index contributed by atoms with van der Waals surface area (Å²) in [4.78, 5) is 23.3. The van der Waals surface area contributed by atoms with Crippen molar-refractivity contribution in [2.45, 2.75) is 19.9 Å². The van der Waals surface area contributed by atoms with E-state index in [2.05, 4.69) is 12.2 Å². The van der Waals surface area contributed by atoms with Crippen molar-refractivity contribution in [3.05, 3.63) is 64.6 Å². The van der Waals surface area contributed by atoms with Crippen LogP contribution in [0.15, 0.2) is 53.5 Å². The Hall–Kier alpha value is -2.36. The van der Waals surface area contributed by atoms with Crippen molar-refractivity contribution in [3.8, 4) is 0 Å². The summed E-state index contributed by atoms with van der Waals surface area (Å²) in [6.07, 6.45) is 2.57. The number of pyridine rings is 1. The Bertz CT molecular complexity index is 615. The van der Waals surface area contributed by atoms with Crippen LogP contribution in [0.2, 0.25) is 0 Å². The normalized spacial score (nSPS) is 10.2. The third kappa shape index (κ3) is 3.55. The van der Waals surface area contributed by atoms with E-state index in [1.54, 1.807) is 18.3 Å². The van der Waals surface area contributed by atoms with Gasteiger partial charge in [-0.15, -0.1) is 0 Å². The number of aromatic nitrogens is 1. The molecule has 0 radical (unpaired) electrons. The number of amides is 1. The number of benzene rings is 1. The number of nitrogens with one attached hydrogen (secondary N) is 1. The minimum absolute atomic E-state index is 0.0230. The molecule has 0 bridgehead atoms. The van der Waals surface area contributed by atoms with Gasteiger partial charge in [-0.05, 0) is 30.2 Å². The zero-order valence-electron chi connectivity index (χ0n) is 10.8. The summed E-state index contributed by atoms with van der Waals surface area (Å²) in [5.41, 5.74) is 1.78. The lowest BCUT2D eigenvalue weighted by atomic mass is 10.1. The molecule has 0 spiro atoms. The van der Waals surface area contributed by atoms with Crippen LogP contribution in [0.3, 0.4) is 0 Å². The van der Waals surface area contributed by atoms with Gasteiger partial charge in [0.2, 0.25) is 5.91 Å². The van der Waals surface area contributed by atoms with Crippen molar-refractivity contribution < 1.29 is 4.79 Å². The molecule has 2 aromatic rings. The van der Waals surface area contributed by atoms with Crippen molar-refractivity contribution >= 4 is 11.6 Å². The summed E-state index contributed by atoms with van der Waals surface area (Å²) in [7, 11) is 0. The molecule has 1 heterocycles. The zero-order chi connectivity index (χ0) is 13.7. The zero-order valence-corrected chi connectivity index (χ0v) is 10.8. The fourth-order valence-corrected chi connectivity index (χ4v) is 1.77. The first-order valence-corrected chi connectivity index (χ1v) is 6.23. The fraction of sp³-hybridized carbons (Fsp3) is 0.200. The van der Waals surface area contributed by atoms with Gasteiger partial charge in [0.05, 0.1) is 0 Å². The second-order valence-corrected chi connectivity index (χ2v) is 4.27. The molecular weight excluding hydrogens is 240 g/mol. The monoisotopic (exact) mass is 256 g/mol. The maximum atomic E-state index is 11.8. The highest BCUT2D eigenvalue weighted by Crippen LogP contribution is 2.09. The predicted molar refractivity (Wildman–Crippen MR) is 75.2 cm³/mol. The first kappa shape index (κ1) is 13.1. The number of aryl methyl sites for hydroxylation is 1. The van der Waals surface area contributed by atoms with Gasteiger partial charge in [0.1, 0.15) is 6.54 Å². The molecule has 4 heteroatoms. The Kier molecular flexibility index (Phi) is 4.13. The molecule has 0 saturated carbocycles. The van der Waals surface area contributed by atoms with Crippen molar-refractivity contribution in [3.63, 3.8) is 0 Å². The second kappa shape index (κ2) is 6.00. The van der Waals surface area contributed by atoms with Crippen molar-refractivity contribution in [1.82, 2.24) is 4.57 Å². The molecule has 1 aromatic carbocycles. The van der Waals surface area contributed by atoms with E-state index in [0.29, 0.717) is 0 Å². The van der Waals surface area contributed by atoms with Crippen molar-refractivity contribution in [1.29, 1.82) is 0 Å². The van der Waals surface area contributed by atoms with E-state index in [1.165, 1.54) is 16.2 Å². The van der Waals surface area contributed by atoms with Gasteiger partial charge >= 0.3 is 0 Å². The molecule has 0 aliphatic rings. The average Bonchev–Trinajstić information content (AvgIpc) is 2.42. The summed E-state index contributed by atoms with van der Waals surface area (Å²) in [6, 6.07) is 12.5. The van der Waals surface area contributed by atoms with Crippen LogP contribution in [0, 0.1) is 0 Å². The molecule has 0 aliphatic heterocycles. The molecule has 1 amide bonds. The van der Waals surface area contributed by atoms with Gasteiger partial charge < -0.3 is 9.88 Å². The van der Waals surface area contributed by atoms with E-state index in [4.69, 9.17) is 0 Å². The lowest BCUT2D eigenvalue weighted by molar-refractivity contribution is -0.116. The minimum Gasteiger partial charge on any atom is -0.325 e. The van der Waals surface area contributed by atoms with E-state index in [0.717, 1.165) is 12.1 Å². The maximum Gasteiger partial charge on any atom is 0.250 e. The SMILES string of the molecule is CCc1ccc(NC(=O)Cn2ccccc2=O)cc1. The maximum absolute atomic E-state index is 11.8. The summed E-state index contributed by atoms with van der Waals surface area (Å²) >= 11 is 0. The lowest BCUT2D eigenvalue weighted by Gasteiger charge is -2.07. The van der Waals surface area contributed by atoms with Crippen LogP contribution in [-0.4, -0.2) is 10.5 Å². The molecule has 98 valence electrons. The number of nitrogens with zero attached hydrogens (tertiary/aromatic N) is 1. The van der Waals surface area contributed by atoms with E-state index >= 15 is 0 Å². The topological polar surface area (TPSA) is 51.1 Å². The molecule has 0 saturated heterocycles. The highest BCUT2D eigenvalue weighted by atomic mass is 16.2. The molecule has 0 aliphatic carbocycles. The highest BCUT2D eigenvalue weighted by Gasteiger charge is 2.04. The number of hydrogen-bond donors (Lipinski definition) is 1. The summed E-state index contributed by atoms with van der Waals surface area (Å²) in [6.45, 7) is 2.10. The molecule has 1 N–H and O–H groups in total. The number of carbonyl (C=O) groups excluding carboxylic acids is 1. The lowest BCUT2D eigenvalue weighted by Crippen LogP contribution is -2.26. The molecule has 19 heavy (non-hydrogen) atoms. The quantitative estimate of drug-likeness (QED) is 0.910. The van der Waals surface area contributed by atoms with Gasteiger partial charge in [0.25, 0.3) is 5.56 Å². The van der Waals surface area contributed by atoms with Gasteiger partial charge in [-0.2, -0.15) is 0 Å². The summed E-state index contributed by atoms with van der Waals surface area (Å²) in [5.74, 6) is -0.211. The molecule has 2 rings (SSSR count). The Labute approximate surface area is 111 Å².